The number of hydrogen-bond donors (Lipinski definition) is 1. The molecule has 0 aliphatic rings. The van der Waals surface area contributed by atoms with E-state index < -0.39 is 0 Å². The van der Waals surface area contributed by atoms with Crippen molar-refractivity contribution in [1.29, 1.82) is 0 Å². The SMILES string of the molecule is C#CCCCNCc1ccnn1C. The summed E-state index contributed by atoms with van der Waals surface area (Å²) in [5, 5.41) is 7.38. The molecule has 13 heavy (non-hydrogen) atoms. The van der Waals surface area contributed by atoms with Crippen molar-refractivity contribution < 1.29 is 0 Å². The molecule has 0 unspecified atom stereocenters. The first-order valence-corrected chi connectivity index (χ1v) is 4.45. The largest absolute Gasteiger partial charge is 0.311 e. The second-order valence-electron chi connectivity index (χ2n) is 2.93. The average Bonchev–Trinajstić information content (AvgIpc) is 2.52. The zero-order valence-corrected chi connectivity index (χ0v) is 7.95. The lowest BCUT2D eigenvalue weighted by Gasteiger charge is -2.03. The number of hydrogen-bond acceptors (Lipinski definition) is 2. The van der Waals surface area contributed by atoms with Gasteiger partial charge in [-0.1, -0.05) is 0 Å². The molecule has 3 heteroatoms. The number of nitrogens with zero attached hydrogens (tertiary/aromatic N) is 2. The van der Waals surface area contributed by atoms with Crippen molar-refractivity contribution in [2.24, 2.45) is 7.05 Å². The Morgan fingerprint density at radius 1 is 1.69 bits per heavy atom. The zero-order valence-electron chi connectivity index (χ0n) is 7.95. The van der Waals surface area contributed by atoms with Gasteiger partial charge in [-0.2, -0.15) is 5.10 Å². The zero-order chi connectivity index (χ0) is 9.52. The highest BCUT2D eigenvalue weighted by molar-refractivity contribution is 4.99. The molecule has 0 aliphatic carbocycles. The lowest BCUT2D eigenvalue weighted by molar-refractivity contribution is 0.612. The summed E-state index contributed by atoms with van der Waals surface area (Å²) in [5.41, 5.74) is 1.20. The quantitative estimate of drug-likeness (QED) is 0.535. The van der Waals surface area contributed by atoms with Gasteiger partial charge >= 0.3 is 0 Å². The van der Waals surface area contributed by atoms with Crippen LogP contribution in [0, 0.1) is 12.3 Å². The maximum atomic E-state index is 5.14. The van der Waals surface area contributed by atoms with Gasteiger partial charge in [-0.15, -0.1) is 12.3 Å². The Bertz CT molecular complexity index is 283. The van der Waals surface area contributed by atoms with Crippen molar-refractivity contribution in [2.75, 3.05) is 6.54 Å². The number of rotatable bonds is 5. The van der Waals surface area contributed by atoms with Gasteiger partial charge in [-0.05, 0) is 19.0 Å². The third kappa shape index (κ3) is 3.30. The number of nitrogens with one attached hydrogen (secondary N) is 1. The lowest BCUT2D eigenvalue weighted by Crippen LogP contribution is -2.16. The first-order valence-electron chi connectivity index (χ1n) is 4.45. The lowest BCUT2D eigenvalue weighted by atomic mass is 10.3. The van der Waals surface area contributed by atoms with Crippen molar-refractivity contribution in [2.45, 2.75) is 19.4 Å². The summed E-state index contributed by atoms with van der Waals surface area (Å²) in [7, 11) is 1.94. The molecule has 0 bridgehead atoms. The predicted octanol–water partition coefficient (Wildman–Crippen LogP) is 0.923. The summed E-state index contributed by atoms with van der Waals surface area (Å²) in [5.74, 6) is 2.62. The molecule has 0 fully saturated rings. The third-order valence-electron chi connectivity index (χ3n) is 1.90. The van der Waals surface area contributed by atoms with Gasteiger partial charge in [0.1, 0.15) is 0 Å². The highest BCUT2D eigenvalue weighted by Crippen LogP contribution is 1.94. The Labute approximate surface area is 79.1 Å². The number of terminal acetylenes is 1. The molecule has 70 valence electrons. The highest BCUT2D eigenvalue weighted by atomic mass is 15.3. The van der Waals surface area contributed by atoms with E-state index in [4.69, 9.17) is 6.42 Å². The molecule has 0 spiro atoms. The third-order valence-corrected chi connectivity index (χ3v) is 1.90. The molecule has 0 radical (unpaired) electrons. The summed E-state index contributed by atoms with van der Waals surface area (Å²) < 4.78 is 1.87. The predicted molar refractivity (Wildman–Crippen MR) is 53.0 cm³/mol. The van der Waals surface area contributed by atoms with Gasteiger partial charge in [0.05, 0.1) is 5.69 Å². The fourth-order valence-corrected chi connectivity index (χ4v) is 1.11. The normalized spacial score (nSPS) is 9.85. The monoisotopic (exact) mass is 177 g/mol. The molecule has 1 heterocycles. The van der Waals surface area contributed by atoms with Crippen LogP contribution in [0.3, 0.4) is 0 Å². The summed E-state index contributed by atoms with van der Waals surface area (Å²) in [4.78, 5) is 0. The van der Waals surface area contributed by atoms with Crippen molar-refractivity contribution in [3.63, 3.8) is 0 Å². The van der Waals surface area contributed by atoms with Gasteiger partial charge in [-0.3, -0.25) is 4.68 Å². The van der Waals surface area contributed by atoms with E-state index in [1.54, 1.807) is 6.20 Å². The minimum Gasteiger partial charge on any atom is -0.311 e. The van der Waals surface area contributed by atoms with Crippen molar-refractivity contribution >= 4 is 0 Å². The molecular formula is C10H15N3. The molecule has 0 saturated carbocycles. The van der Waals surface area contributed by atoms with E-state index in [0.29, 0.717) is 0 Å². The molecule has 0 aromatic carbocycles. The molecule has 3 nitrogen and oxygen atoms in total. The fraction of sp³-hybridized carbons (Fsp3) is 0.500. The first kappa shape index (κ1) is 9.82. The van der Waals surface area contributed by atoms with Crippen LogP contribution in [0.2, 0.25) is 0 Å². The maximum Gasteiger partial charge on any atom is 0.0518 e. The van der Waals surface area contributed by atoms with E-state index in [1.807, 2.05) is 17.8 Å². The van der Waals surface area contributed by atoms with Crippen molar-refractivity contribution in [1.82, 2.24) is 15.1 Å². The van der Waals surface area contributed by atoms with E-state index in [1.165, 1.54) is 5.69 Å². The van der Waals surface area contributed by atoms with Crippen LogP contribution < -0.4 is 5.32 Å². The molecule has 0 saturated heterocycles. The summed E-state index contributed by atoms with van der Waals surface area (Å²) in [6.07, 6.45) is 8.82. The van der Waals surface area contributed by atoms with E-state index in [2.05, 4.69) is 16.3 Å². The first-order chi connectivity index (χ1) is 6.34. The van der Waals surface area contributed by atoms with E-state index in [9.17, 15) is 0 Å². The second-order valence-corrected chi connectivity index (χ2v) is 2.93. The summed E-state index contributed by atoms with van der Waals surface area (Å²) in [6, 6.07) is 2.01. The Hall–Kier alpha value is -1.27. The number of aryl methyl sites for hydroxylation is 1. The summed E-state index contributed by atoms with van der Waals surface area (Å²) >= 11 is 0. The molecule has 0 amide bonds. The number of aromatic nitrogens is 2. The van der Waals surface area contributed by atoms with Crippen LogP contribution in [-0.4, -0.2) is 16.3 Å². The van der Waals surface area contributed by atoms with Gasteiger partial charge in [0.15, 0.2) is 0 Å². The topological polar surface area (TPSA) is 29.9 Å². The van der Waals surface area contributed by atoms with E-state index in [0.717, 1.165) is 25.9 Å². The number of unbranched alkanes of at least 4 members (excludes halogenated alkanes) is 1. The van der Waals surface area contributed by atoms with Gasteiger partial charge in [0, 0.05) is 26.2 Å². The molecular weight excluding hydrogens is 162 g/mol. The van der Waals surface area contributed by atoms with E-state index >= 15 is 0 Å². The van der Waals surface area contributed by atoms with Gasteiger partial charge in [0.25, 0.3) is 0 Å². The second kappa shape index (κ2) is 5.39. The van der Waals surface area contributed by atoms with Crippen molar-refractivity contribution in [3.8, 4) is 12.3 Å². The Morgan fingerprint density at radius 3 is 3.15 bits per heavy atom. The van der Waals surface area contributed by atoms with Gasteiger partial charge in [0.2, 0.25) is 0 Å². The van der Waals surface area contributed by atoms with Gasteiger partial charge in [-0.25, -0.2) is 0 Å². The van der Waals surface area contributed by atoms with Crippen LogP contribution in [0.1, 0.15) is 18.5 Å². The molecule has 1 aromatic heterocycles. The molecule has 1 rings (SSSR count). The molecule has 0 atom stereocenters. The molecule has 1 N–H and O–H groups in total. The van der Waals surface area contributed by atoms with Crippen LogP contribution in [0.5, 0.6) is 0 Å². The van der Waals surface area contributed by atoms with Crippen LogP contribution in [0.25, 0.3) is 0 Å². The molecule has 1 aromatic rings. The smallest absolute Gasteiger partial charge is 0.0518 e. The molecule has 0 aliphatic heterocycles. The fourth-order valence-electron chi connectivity index (χ4n) is 1.11. The summed E-state index contributed by atoms with van der Waals surface area (Å²) in [6.45, 7) is 1.83. The standard InChI is InChI=1S/C10H15N3/c1-3-4-5-7-11-9-10-6-8-12-13(10)2/h1,6,8,11H,4-5,7,9H2,2H3. The van der Waals surface area contributed by atoms with Crippen LogP contribution in [-0.2, 0) is 13.6 Å². The Kier molecular flexibility index (Phi) is 4.07. The minimum atomic E-state index is 0.846. The van der Waals surface area contributed by atoms with Crippen molar-refractivity contribution in [3.05, 3.63) is 18.0 Å². The van der Waals surface area contributed by atoms with Crippen LogP contribution in [0.4, 0.5) is 0 Å². The van der Waals surface area contributed by atoms with Crippen LogP contribution >= 0.6 is 0 Å². The Balaban J connectivity index is 2.14. The maximum absolute atomic E-state index is 5.14. The van der Waals surface area contributed by atoms with Gasteiger partial charge < -0.3 is 5.32 Å². The highest BCUT2D eigenvalue weighted by Gasteiger charge is 1.95. The van der Waals surface area contributed by atoms with Crippen LogP contribution in [0.15, 0.2) is 12.3 Å². The average molecular weight is 177 g/mol. The Morgan fingerprint density at radius 2 is 2.54 bits per heavy atom. The van der Waals surface area contributed by atoms with E-state index in [-0.39, 0.29) is 0 Å². The minimum absolute atomic E-state index is 0.846.